The molecule has 2 aromatic carbocycles. The third-order valence-electron chi connectivity index (χ3n) is 3.29. The molecule has 0 unspecified atom stereocenters. The van der Waals surface area contributed by atoms with Crippen LogP contribution in [0.3, 0.4) is 0 Å². The van der Waals surface area contributed by atoms with Crippen molar-refractivity contribution in [1.82, 2.24) is 0 Å². The first kappa shape index (κ1) is 18.4. The molecule has 0 bridgehead atoms. The van der Waals surface area contributed by atoms with E-state index in [1.807, 2.05) is 19.1 Å². The average molecular weight is 345 g/mol. The van der Waals surface area contributed by atoms with Gasteiger partial charge in [0.25, 0.3) is 5.91 Å². The van der Waals surface area contributed by atoms with Crippen molar-refractivity contribution in [3.05, 3.63) is 53.8 Å². The molecule has 7 heteroatoms. The van der Waals surface area contributed by atoms with Crippen molar-refractivity contribution in [2.75, 3.05) is 23.8 Å². The lowest BCUT2D eigenvalue weighted by Crippen LogP contribution is -2.22. The number of nitrogens with one attached hydrogen (secondary N) is 2. The van der Waals surface area contributed by atoms with Crippen LogP contribution < -0.4 is 21.1 Å². The normalized spacial score (nSPS) is 10.2. The predicted octanol–water partition coefficient (Wildman–Crippen LogP) is 2.44. The summed E-state index contributed by atoms with van der Waals surface area (Å²) in [7, 11) is 0. The molecular formula is C18H20FN3O3. The molecule has 0 saturated carbocycles. The molecule has 0 aliphatic heterocycles. The summed E-state index contributed by atoms with van der Waals surface area (Å²) in [5.74, 6) is -0.755. The zero-order valence-corrected chi connectivity index (χ0v) is 13.8. The quantitative estimate of drug-likeness (QED) is 0.718. The number of carbonyl (C=O) groups is 2. The van der Waals surface area contributed by atoms with Crippen LogP contribution in [0.4, 0.5) is 15.8 Å². The summed E-state index contributed by atoms with van der Waals surface area (Å²) < 4.78 is 18.8. The first-order valence-corrected chi connectivity index (χ1v) is 7.76. The highest BCUT2D eigenvalue weighted by atomic mass is 19.1. The van der Waals surface area contributed by atoms with Gasteiger partial charge in [-0.2, -0.15) is 0 Å². The minimum Gasteiger partial charge on any atom is -0.484 e. The molecule has 0 aromatic heterocycles. The molecular weight excluding hydrogens is 325 g/mol. The molecule has 2 rings (SSSR count). The van der Waals surface area contributed by atoms with Gasteiger partial charge in [0.05, 0.1) is 11.4 Å². The number of ether oxygens (including phenoxy) is 1. The minimum absolute atomic E-state index is 0.0977. The van der Waals surface area contributed by atoms with E-state index in [-0.39, 0.29) is 36.9 Å². The summed E-state index contributed by atoms with van der Waals surface area (Å²) in [5.41, 5.74) is 6.85. The Labute approximate surface area is 145 Å². The zero-order valence-electron chi connectivity index (χ0n) is 13.8. The second kappa shape index (κ2) is 8.79. The van der Waals surface area contributed by atoms with Gasteiger partial charge in [0.2, 0.25) is 5.91 Å². The highest BCUT2D eigenvalue weighted by molar-refractivity contribution is 6.00. The smallest absolute Gasteiger partial charge is 0.262 e. The maximum atomic E-state index is 13.4. The molecule has 2 aromatic rings. The van der Waals surface area contributed by atoms with E-state index < -0.39 is 11.7 Å². The SMILES string of the molecule is Cc1ccc(OCC(=O)Nc2ccc(F)cc2NC(=O)CCN)cc1. The Morgan fingerprint density at radius 1 is 1.04 bits per heavy atom. The number of halogens is 1. The van der Waals surface area contributed by atoms with Crippen molar-refractivity contribution in [2.45, 2.75) is 13.3 Å². The van der Waals surface area contributed by atoms with Gasteiger partial charge in [0, 0.05) is 13.0 Å². The summed E-state index contributed by atoms with van der Waals surface area (Å²) in [6, 6.07) is 11.0. The number of amides is 2. The summed E-state index contributed by atoms with van der Waals surface area (Å²) in [4.78, 5) is 23.7. The van der Waals surface area contributed by atoms with E-state index in [1.165, 1.54) is 12.1 Å². The number of anilines is 2. The van der Waals surface area contributed by atoms with E-state index in [4.69, 9.17) is 10.5 Å². The Hall–Kier alpha value is -2.93. The summed E-state index contributed by atoms with van der Waals surface area (Å²) >= 11 is 0. The number of hydrogen-bond acceptors (Lipinski definition) is 4. The third kappa shape index (κ3) is 5.89. The molecule has 0 fully saturated rings. The van der Waals surface area contributed by atoms with Crippen LogP contribution in [0.5, 0.6) is 5.75 Å². The van der Waals surface area contributed by atoms with Crippen molar-refractivity contribution in [2.24, 2.45) is 5.73 Å². The number of rotatable bonds is 7. The fraction of sp³-hybridized carbons (Fsp3) is 0.222. The standard InChI is InChI=1S/C18H20FN3O3/c1-12-2-5-14(6-3-12)25-11-18(24)21-15-7-4-13(19)10-16(15)22-17(23)8-9-20/h2-7,10H,8-9,11,20H2,1H3,(H,21,24)(H,22,23). The van der Waals surface area contributed by atoms with Gasteiger partial charge in [-0.1, -0.05) is 17.7 Å². The number of aryl methyl sites for hydroxylation is 1. The molecule has 0 aliphatic carbocycles. The maximum Gasteiger partial charge on any atom is 0.262 e. The Kier molecular flexibility index (Phi) is 6.47. The van der Waals surface area contributed by atoms with Gasteiger partial charge in [-0.25, -0.2) is 4.39 Å². The third-order valence-corrected chi connectivity index (χ3v) is 3.29. The second-order valence-electron chi connectivity index (χ2n) is 5.43. The highest BCUT2D eigenvalue weighted by Crippen LogP contribution is 2.23. The molecule has 0 atom stereocenters. The lowest BCUT2D eigenvalue weighted by atomic mass is 10.2. The van der Waals surface area contributed by atoms with E-state index in [0.29, 0.717) is 5.75 Å². The first-order chi connectivity index (χ1) is 12.0. The van der Waals surface area contributed by atoms with E-state index in [2.05, 4.69) is 10.6 Å². The first-order valence-electron chi connectivity index (χ1n) is 7.76. The van der Waals surface area contributed by atoms with Gasteiger partial charge in [0.1, 0.15) is 11.6 Å². The molecule has 0 spiro atoms. The largest absolute Gasteiger partial charge is 0.484 e. The van der Waals surface area contributed by atoms with Gasteiger partial charge in [-0.15, -0.1) is 0 Å². The Morgan fingerprint density at radius 3 is 2.40 bits per heavy atom. The molecule has 132 valence electrons. The fourth-order valence-electron chi connectivity index (χ4n) is 2.04. The van der Waals surface area contributed by atoms with Crippen LogP contribution in [-0.2, 0) is 9.59 Å². The van der Waals surface area contributed by atoms with Crippen LogP contribution in [-0.4, -0.2) is 25.0 Å². The monoisotopic (exact) mass is 345 g/mol. The van der Waals surface area contributed by atoms with Crippen molar-refractivity contribution in [3.63, 3.8) is 0 Å². The van der Waals surface area contributed by atoms with E-state index in [0.717, 1.165) is 11.6 Å². The molecule has 0 heterocycles. The van der Waals surface area contributed by atoms with Crippen LogP contribution >= 0.6 is 0 Å². The number of nitrogens with two attached hydrogens (primary N) is 1. The Balaban J connectivity index is 1.99. The van der Waals surface area contributed by atoms with Crippen LogP contribution in [0.15, 0.2) is 42.5 Å². The summed E-state index contributed by atoms with van der Waals surface area (Å²) in [6.07, 6.45) is 0.0977. The topological polar surface area (TPSA) is 93.5 Å². The minimum atomic E-state index is -0.531. The Bertz CT molecular complexity index is 748. The fourth-order valence-corrected chi connectivity index (χ4v) is 2.04. The van der Waals surface area contributed by atoms with Crippen LogP contribution in [0.2, 0.25) is 0 Å². The van der Waals surface area contributed by atoms with Gasteiger partial charge >= 0.3 is 0 Å². The average Bonchev–Trinajstić information content (AvgIpc) is 2.57. The molecule has 0 radical (unpaired) electrons. The van der Waals surface area contributed by atoms with Crippen LogP contribution in [0.25, 0.3) is 0 Å². The van der Waals surface area contributed by atoms with Gasteiger partial charge in [0.15, 0.2) is 6.61 Å². The summed E-state index contributed by atoms with van der Waals surface area (Å²) in [5, 5.41) is 5.11. The molecule has 25 heavy (non-hydrogen) atoms. The summed E-state index contributed by atoms with van der Waals surface area (Å²) in [6.45, 7) is 1.91. The lowest BCUT2D eigenvalue weighted by Gasteiger charge is -2.13. The van der Waals surface area contributed by atoms with E-state index in [1.54, 1.807) is 12.1 Å². The highest BCUT2D eigenvalue weighted by Gasteiger charge is 2.11. The van der Waals surface area contributed by atoms with E-state index >= 15 is 0 Å². The van der Waals surface area contributed by atoms with Crippen molar-refractivity contribution in [3.8, 4) is 5.75 Å². The van der Waals surface area contributed by atoms with Crippen LogP contribution in [0, 0.1) is 12.7 Å². The second-order valence-corrected chi connectivity index (χ2v) is 5.43. The lowest BCUT2D eigenvalue weighted by molar-refractivity contribution is -0.118. The molecule has 0 aliphatic rings. The van der Waals surface area contributed by atoms with Crippen molar-refractivity contribution >= 4 is 23.2 Å². The zero-order chi connectivity index (χ0) is 18.2. The number of benzene rings is 2. The van der Waals surface area contributed by atoms with Gasteiger partial charge in [-0.05, 0) is 37.3 Å². The number of hydrogen-bond donors (Lipinski definition) is 3. The number of carbonyl (C=O) groups excluding carboxylic acids is 2. The maximum absolute atomic E-state index is 13.4. The van der Waals surface area contributed by atoms with E-state index in [9.17, 15) is 14.0 Å². The van der Waals surface area contributed by atoms with Crippen LogP contribution in [0.1, 0.15) is 12.0 Å². The molecule has 0 saturated heterocycles. The molecule has 4 N–H and O–H groups in total. The van der Waals surface area contributed by atoms with Crippen molar-refractivity contribution in [1.29, 1.82) is 0 Å². The Morgan fingerprint density at radius 2 is 1.72 bits per heavy atom. The van der Waals surface area contributed by atoms with Crippen molar-refractivity contribution < 1.29 is 18.7 Å². The predicted molar refractivity (Wildman–Crippen MR) is 94.0 cm³/mol. The molecule has 2 amide bonds. The van der Waals surface area contributed by atoms with Gasteiger partial charge < -0.3 is 21.1 Å². The van der Waals surface area contributed by atoms with Gasteiger partial charge in [-0.3, -0.25) is 9.59 Å². The molecule has 6 nitrogen and oxygen atoms in total.